The van der Waals surface area contributed by atoms with Gasteiger partial charge >= 0.3 is 6.18 Å². The zero-order valence-corrected chi connectivity index (χ0v) is 26.9. The normalized spacial score (nSPS) is 13.6. The topological polar surface area (TPSA) is 31.3 Å². The van der Waals surface area contributed by atoms with Crippen LogP contribution in [0.15, 0.2) is 132 Å². The Morgan fingerprint density at radius 1 is 0.596 bits per heavy atom. The van der Waals surface area contributed by atoms with Crippen molar-refractivity contribution in [2.24, 2.45) is 4.99 Å². The molecule has 0 aromatic heterocycles. The predicted octanol–water partition coefficient (Wildman–Crippen LogP) is 8.94. The molecule has 0 bridgehead atoms. The number of hydrogen-bond donors (Lipinski definition) is 0. The summed E-state index contributed by atoms with van der Waals surface area (Å²) in [6, 6.07) is 40.7. The Kier molecular flexibility index (Phi) is 8.69. The van der Waals surface area contributed by atoms with Gasteiger partial charge in [0, 0.05) is 75.0 Å². The monoisotopic (exact) mass is 634 g/mol. The lowest BCUT2D eigenvalue weighted by Gasteiger charge is -2.40. The van der Waals surface area contributed by atoms with Crippen molar-refractivity contribution >= 4 is 28.6 Å². The first-order valence-corrected chi connectivity index (χ1v) is 15.4. The summed E-state index contributed by atoms with van der Waals surface area (Å²) in [5.41, 5.74) is 5.16. The van der Waals surface area contributed by atoms with Crippen LogP contribution < -0.4 is 14.7 Å². The first-order chi connectivity index (χ1) is 22.5. The molecule has 240 valence electrons. The SMILES string of the molecule is CN(C)c1ccc2c(c1)N=C(C(F)(F)F)OC2(c1ccc(N(C)Cc2ccccc2)cc1)c1ccc(N(C)Cc2ccccc2)cc1. The van der Waals surface area contributed by atoms with Gasteiger partial charge in [0.25, 0.3) is 5.90 Å². The fourth-order valence-corrected chi connectivity index (χ4v) is 6.04. The van der Waals surface area contributed by atoms with Crippen molar-refractivity contribution in [1.82, 2.24) is 0 Å². The Morgan fingerprint density at radius 2 is 1.04 bits per heavy atom. The molecule has 1 aliphatic rings. The molecule has 8 heteroatoms. The first kappa shape index (κ1) is 31.7. The molecule has 0 saturated carbocycles. The van der Waals surface area contributed by atoms with E-state index in [0.717, 1.165) is 28.2 Å². The highest BCUT2D eigenvalue weighted by molar-refractivity contribution is 5.89. The van der Waals surface area contributed by atoms with Crippen LogP contribution in [0.5, 0.6) is 0 Å². The van der Waals surface area contributed by atoms with Crippen LogP contribution in [0.1, 0.15) is 27.8 Å². The van der Waals surface area contributed by atoms with Crippen LogP contribution in [0.25, 0.3) is 0 Å². The number of alkyl halides is 3. The number of ether oxygens (including phenoxy) is 1. The third-order valence-corrected chi connectivity index (χ3v) is 8.55. The molecule has 0 atom stereocenters. The van der Waals surface area contributed by atoms with Gasteiger partial charge in [-0.2, -0.15) is 13.2 Å². The number of hydrogen-bond acceptors (Lipinski definition) is 5. The number of fused-ring (bicyclic) bond motifs is 1. The van der Waals surface area contributed by atoms with E-state index in [1.807, 2.05) is 130 Å². The number of benzene rings is 5. The molecule has 47 heavy (non-hydrogen) atoms. The second-order valence-corrected chi connectivity index (χ2v) is 12.1. The van der Waals surface area contributed by atoms with Crippen LogP contribution in [0.2, 0.25) is 0 Å². The fraction of sp³-hybridized carbons (Fsp3) is 0.205. The minimum atomic E-state index is -4.80. The Balaban J connectivity index is 1.45. The number of nitrogens with zero attached hydrogens (tertiary/aromatic N) is 4. The van der Waals surface area contributed by atoms with Gasteiger partial charge in [-0.1, -0.05) is 91.0 Å². The molecule has 0 fully saturated rings. The zero-order valence-electron chi connectivity index (χ0n) is 26.9. The van der Waals surface area contributed by atoms with Gasteiger partial charge < -0.3 is 19.4 Å². The summed E-state index contributed by atoms with van der Waals surface area (Å²) >= 11 is 0. The molecule has 0 aliphatic carbocycles. The minimum absolute atomic E-state index is 0.213. The van der Waals surface area contributed by atoms with Crippen molar-refractivity contribution in [2.75, 3.05) is 42.9 Å². The quantitative estimate of drug-likeness (QED) is 0.162. The Hall–Kier alpha value is -5.24. The summed E-state index contributed by atoms with van der Waals surface area (Å²) < 4.78 is 49.7. The molecule has 6 rings (SSSR count). The zero-order chi connectivity index (χ0) is 33.2. The van der Waals surface area contributed by atoms with Crippen molar-refractivity contribution in [3.63, 3.8) is 0 Å². The highest BCUT2D eigenvalue weighted by Gasteiger charge is 2.51. The van der Waals surface area contributed by atoms with Gasteiger partial charge in [0.1, 0.15) is 0 Å². The second-order valence-electron chi connectivity index (χ2n) is 12.1. The number of rotatable bonds is 9. The highest BCUT2D eigenvalue weighted by Crippen LogP contribution is 2.50. The average Bonchev–Trinajstić information content (AvgIpc) is 3.08. The molecule has 0 saturated heterocycles. The lowest BCUT2D eigenvalue weighted by Crippen LogP contribution is -2.42. The van der Waals surface area contributed by atoms with Gasteiger partial charge in [0.15, 0.2) is 5.60 Å². The maximum Gasteiger partial charge on any atom is 0.468 e. The molecule has 0 radical (unpaired) electrons. The van der Waals surface area contributed by atoms with E-state index in [-0.39, 0.29) is 5.69 Å². The Labute approximate surface area is 274 Å². The van der Waals surface area contributed by atoms with Gasteiger partial charge in [-0.3, -0.25) is 0 Å². The summed E-state index contributed by atoms with van der Waals surface area (Å²) in [5.74, 6) is -1.28. The highest BCUT2D eigenvalue weighted by atomic mass is 19.4. The maximum absolute atomic E-state index is 14.5. The van der Waals surface area contributed by atoms with Crippen molar-refractivity contribution in [2.45, 2.75) is 24.9 Å². The summed E-state index contributed by atoms with van der Waals surface area (Å²) in [4.78, 5) is 10.1. The van der Waals surface area contributed by atoms with Crippen molar-refractivity contribution in [3.05, 3.63) is 155 Å². The molecular weight excluding hydrogens is 597 g/mol. The molecule has 5 aromatic carbocycles. The maximum atomic E-state index is 14.5. The van der Waals surface area contributed by atoms with Crippen molar-refractivity contribution in [1.29, 1.82) is 0 Å². The van der Waals surface area contributed by atoms with Gasteiger partial charge in [0.05, 0.1) is 5.69 Å². The van der Waals surface area contributed by atoms with E-state index in [1.54, 1.807) is 6.07 Å². The smallest absolute Gasteiger partial charge is 0.453 e. The molecular formula is C39H37F3N4O. The van der Waals surface area contributed by atoms with E-state index in [9.17, 15) is 13.2 Å². The third-order valence-electron chi connectivity index (χ3n) is 8.55. The Morgan fingerprint density at radius 3 is 1.47 bits per heavy atom. The van der Waals surface area contributed by atoms with E-state index < -0.39 is 17.7 Å². The number of anilines is 3. The largest absolute Gasteiger partial charge is 0.468 e. The summed E-state index contributed by atoms with van der Waals surface area (Å²) in [6.07, 6.45) is -4.80. The molecule has 5 aromatic rings. The fourth-order valence-electron chi connectivity index (χ4n) is 6.04. The first-order valence-electron chi connectivity index (χ1n) is 15.4. The van der Waals surface area contributed by atoms with Crippen molar-refractivity contribution < 1.29 is 17.9 Å². The molecule has 1 heterocycles. The van der Waals surface area contributed by atoms with Gasteiger partial charge in [-0.15, -0.1) is 0 Å². The molecule has 5 nitrogen and oxygen atoms in total. The summed E-state index contributed by atoms with van der Waals surface area (Å²) in [6.45, 7) is 1.36. The van der Waals surface area contributed by atoms with Crippen LogP contribution >= 0.6 is 0 Å². The van der Waals surface area contributed by atoms with E-state index in [4.69, 9.17) is 4.74 Å². The van der Waals surface area contributed by atoms with E-state index in [0.29, 0.717) is 29.8 Å². The molecule has 0 spiro atoms. The lowest BCUT2D eigenvalue weighted by atomic mass is 9.78. The van der Waals surface area contributed by atoms with Gasteiger partial charge in [0.2, 0.25) is 0 Å². The third kappa shape index (κ3) is 6.54. The number of halogens is 3. The van der Waals surface area contributed by atoms with E-state index in [2.05, 4.69) is 39.1 Å². The summed E-state index contributed by atoms with van der Waals surface area (Å²) in [5, 5.41) is 0. The molecule has 0 amide bonds. The molecule has 0 N–H and O–H groups in total. The van der Waals surface area contributed by atoms with Gasteiger partial charge in [-0.25, -0.2) is 4.99 Å². The predicted molar refractivity (Wildman–Crippen MR) is 185 cm³/mol. The average molecular weight is 635 g/mol. The lowest BCUT2D eigenvalue weighted by molar-refractivity contribution is -0.0887. The van der Waals surface area contributed by atoms with Crippen LogP contribution in [-0.2, 0) is 23.4 Å². The van der Waals surface area contributed by atoms with Crippen LogP contribution in [0.4, 0.5) is 35.9 Å². The van der Waals surface area contributed by atoms with E-state index >= 15 is 0 Å². The molecule has 1 aliphatic heterocycles. The Bertz CT molecular complexity index is 1750. The van der Waals surface area contributed by atoms with Crippen molar-refractivity contribution in [3.8, 4) is 0 Å². The summed E-state index contributed by atoms with van der Waals surface area (Å²) in [7, 11) is 7.67. The standard InChI is InChI=1S/C39H37F3N4O/c1-44(2)34-23-24-35-36(25-34)43-37(39(40,41)42)47-38(35,30-15-19-32(20-16-30)45(3)26-28-11-7-5-8-12-28)31-17-21-33(22-18-31)46(4)27-29-13-9-6-10-14-29/h5-25H,26-27H2,1-4H3. The van der Waals surface area contributed by atoms with Crippen LogP contribution in [0.3, 0.4) is 0 Å². The minimum Gasteiger partial charge on any atom is -0.453 e. The second kappa shape index (κ2) is 12.9. The van der Waals surface area contributed by atoms with Crippen LogP contribution in [-0.4, -0.2) is 40.3 Å². The number of aliphatic imine (C=N–C) groups is 1. The van der Waals surface area contributed by atoms with E-state index in [1.165, 1.54) is 0 Å². The molecule has 0 unspecified atom stereocenters. The van der Waals surface area contributed by atoms with Gasteiger partial charge in [-0.05, 0) is 47.5 Å². The van der Waals surface area contributed by atoms with Crippen LogP contribution in [0, 0.1) is 0 Å².